The van der Waals surface area contributed by atoms with E-state index < -0.39 is 21.1 Å². The number of aryl methyl sites for hydroxylation is 1. The number of carbonyl (C=O) groups is 2. The molecule has 0 spiro atoms. The number of nitrogens with one attached hydrogen (secondary N) is 1. The molecule has 10 heteroatoms. The number of carbonyl (C=O) groups excluding carboxylic acids is 2. The van der Waals surface area contributed by atoms with Gasteiger partial charge in [0.25, 0.3) is 10.0 Å². The Morgan fingerprint density at radius 2 is 1.80 bits per heavy atom. The molecule has 1 aliphatic rings. The fourth-order valence-electron chi connectivity index (χ4n) is 2.78. The van der Waals surface area contributed by atoms with E-state index in [1.54, 1.807) is 19.1 Å². The molecule has 2 amide bonds. The van der Waals surface area contributed by atoms with Crippen molar-refractivity contribution in [1.82, 2.24) is 4.90 Å². The zero-order valence-electron chi connectivity index (χ0n) is 16.3. The first-order valence-electron chi connectivity index (χ1n) is 9.14. The standard InChI is InChI=1S/C20H20FN3O4S2/c1-3-24-19(26)17(12-18(25)22-15-8-4-13(2)5-9-15)29-20(24)23-30(27,28)16-10-6-14(21)7-11-16/h4-11,17H,3,12H2,1-2H3,(H,22,25)/t17-/m0/s1. The van der Waals surface area contributed by atoms with E-state index in [0.717, 1.165) is 41.6 Å². The second-order valence-electron chi connectivity index (χ2n) is 6.61. The Morgan fingerprint density at radius 1 is 1.17 bits per heavy atom. The smallest absolute Gasteiger partial charge is 0.284 e. The van der Waals surface area contributed by atoms with Crippen molar-refractivity contribution in [3.05, 3.63) is 59.9 Å². The van der Waals surface area contributed by atoms with Crippen LogP contribution in [-0.4, -0.2) is 42.1 Å². The molecule has 3 rings (SSSR count). The topological polar surface area (TPSA) is 95.9 Å². The van der Waals surface area contributed by atoms with E-state index in [2.05, 4.69) is 9.71 Å². The van der Waals surface area contributed by atoms with E-state index in [9.17, 15) is 22.4 Å². The molecule has 1 aliphatic heterocycles. The number of amides is 2. The number of hydrogen-bond donors (Lipinski definition) is 1. The van der Waals surface area contributed by atoms with Gasteiger partial charge in [0.15, 0.2) is 5.17 Å². The van der Waals surface area contributed by atoms with Crippen LogP contribution >= 0.6 is 11.8 Å². The van der Waals surface area contributed by atoms with Gasteiger partial charge in [0, 0.05) is 18.7 Å². The molecular weight excluding hydrogens is 429 g/mol. The molecule has 0 aliphatic carbocycles. The van der Waals surface area contributed by atoms with Crippen LogP contribution in [0.1, 0.15) is 18.9 Å². The number of nitrogens with zero attached hydrogens (tertiary/aromatic N) is 2. The minimum atomic E-state index is -4.13. The van der Waals surface area contributed by atoms with Crippen molar-refractivity contribution in [2.75, 3.05) is 11.9 Å². The van der Waals surface area contributed by atoms with Gasteiger partial charge in [-0.1, -0.05) is 29.5 Å². The number of thioether (sulfide) groups is 1. The van der Waals surface area contributed by atoms with Crippen LogP contribution in [0, 0.1) is 12.7 Å². The molecule has 0 radical (unpaired) electrons. The number of amidine groups is 1. The summed E-state index contributed by atoms with van der Waals surface area (Å²) in [6.07, 6.45) is -0.122. The minimum Gasteiger partial charge on any atom is -0.326 e. The number of hydrogen-bond acceptors (Lipinski definition) is 5. The van der Waals surface area contributed by atoms with E-state index in [4.69, 9.17) is 0 Å². The normalized spacial score (nSPS) is 18.1. The van der Waals surface area contributed by atoms with Crippen LogP contribution in [-0.2, 0) is 19.6 Å². The molecule has 1 atom stereocenters. The van der Waals surface area contributed by atoms with Crippen molar-refractivity contribution in [3.63, 3.8) is 0 Å². The van der Waals surface area contributed by atoms with Crippen LogP contribution in [0.15, 0.2) is 57.8 Å². The summed E-state index contributed by atoms with van der Waals surface area (Å²) in [4.78, 5) is 26.0. The van der Waals surface area contributed by atoms with Crippen molar-refractivity contribution in [2.45, 2.75) is 30.4 Å². The zero-order valence-corrected chi connectivity index (χ0v) is 18.0. The largest absolute Gasteiger partial charge is 0.326 e. The van der Waals surface area contributed by atoms with Crippen LogP contribution in [0.2, 0.25) is 0 Å². The second kappa shape index (κ2) is 8.97. The maximum Gasteiger partial charge on any atom is 0.284 e. The molecule has 1 fully saturated rings. The van der Waals surface area contributed by atoms with Gasteiger partial charge in [0.1, 0.15) is 11.1 Å². The fraction of sp³-hybridized carbons (Fsp3) is 0.250. The monoisotopic (exact) mass is 449 g/mol. The van der Waals surface area contributed by atoms with Gasteiger partial charge in [-0.05, 0) is 50.2 Å². The highest BCUT2D eigenvalue weighted by atomic mass is 32.2. The second-order valence-corrected chi connectivity index (χ2v) is 9.38. The summed E-state index contributed by atoms with van der Waals surface area (Å²) in [6.45, 7) is 3.83. The van der Waals surface area contributed by atoms with Crippen LogP contribution in [0.25, 0.3) is 0 Å². The molecule has 158 valence electrons. The number of rotatable bonds is 6. The minimum absolute atomic E-state index is 0.0000362. The molecule has 0 unspecified atom stereocenters. The van der Waals surface area contributed by atoms with Crippen molar-refractivity contribution in [1.29, 1.82) is 0 Å². The Balaban J connectivity index is 1.75. The van der Waals surface area contributed by atoms with E-state index in [1.807, 2.05) is 19.1 Å². The van der Waals surface area contributed by atoms with E-state index in [-0.39, 0.29) is 34.8 Å². The predicted octanol–water partition coefficient (Wildman–Crippen LogP) is 3.17. The molecule has 1 saturated heterocycles. The van der Waals surface area contributed by atoms with Crippen LogP contribution < -0.4 is 5.32 Å². The third-order valence-corrected chi connectivity index (χ3v) is 6.92. The molecule has 2 aromatic carbocycles. The van der Waals surface area contributed by atoms with E-state index in [1.165, 1.54) is 4.90 Å². The number of sulfonamides is 1. The molecule has 30 heavy (non-hydrogen) atoms. The Bertz CT molecular complexity index is 1080. The van der Waals surface area contributed by atoms with Crippen LogP contribution in [0.4, 0.5) is 10.1 Å². The highest BCUT2D eigenvalue weighted by Crippen LogP contribution is 2.31. The lowest BCUT2D eigenvalue weighted by molar-refractivity contribution is -0.128. The first-order chi connectivity index (χ1) is 14.2. The first kappa shape index (κ1) is 22.0. The first-order valence-corrected chi connectivity index (χ1v) is 11.5. The van der Waals surface area contributed by atoms with Gasteiger partial charge in [0.05, 0.1) is 4.90 Å². The Hall–Kier alpha value is -2.72. The molecule has 1 heterocycles. The lowest BCUT2D eigenvalue weighted by Gasteiger charge is -2.13. The lowest BCUT2D eigenvalue weighted by Crippen LogP contribution is -2.33. The Labute approximate surface area is 178 Å². The Morgan fingerprint density at radius 3 is 2.40 bits per heavy atom. The molecule has 1 N–H and O–H groups in total. The molecule has 0 aromatic heterocycles. The third kappa shape index (κ3) is 5.06. The fourth-order valence-corrected chi connectivity index (χ4v) is 5.20. The maximum absolute atomic E-state index is 13.1. The van der Waals surface area contributed by atoms with Crippen molar-refractivity contribution in [3.8, 4) is 0 Å². The highest BCUT2D eigenvalue weighted by Gasteiger charge is 2.39. The average Bonchev–Trinajstić information content (AvgIpc) is 2.97. The van der Waals surface area contributed by atoms with Gasteiger partial charge in [-0.3, -0.25) is 14.5 Å². The van der Waals surface area contributed by atoms with Crippen molar-refractivity contribution < 1.29 is 22.4 Å². The lowest BCUT2D eigenvalue weighted by atomic mass is 10.2. The average molecular weight is 450 g/mol. The van der Waals surface area contributed by atoms with Crippen LogP contribution in [0.3, 0.4) is 0 Å². The van der Waals surface area contributed by atoms with Gasteiger partial charge >= 0.3 is 0 Å². The number of benzene rings is 2. The quantitative estimate of drug-likeness (QED) is 0.731. The van der Waals surface area contributed by atoms with Crippen molar-refractivity contribution in [2.24, 2.45) is 4.40 Å². The summed E-state index contributed by atoms with van der Waals surface area (Å²) in [5.41, 5.74) is 1.66. The third-order valence-electron chi connectivity index (χ3n) is 4.35. The summed E-state index contributed by atoms with van der Waals surface area (Å²) in [5.74, 6) is -1.31. The number of anilines is 1. The molecule has 0 bridgehead atoms. The van der Waals surface area contributed by atoms with Gasteiger partial charge in [-0.2, -0.15) is 8.42 Å². The van der Waals surface area contributed by atoms with Gasteiger partial charge in [0.2, 0.25) is 11.8 Å². The molecule has 2 aromatic rings. The summed E-state index contributed by atoms with van der Waals surface area (Å²) < 4.78 is 41.9. The summed E-state index contributed by atoms with van der Waals surface area (Å²) in [6, 6.07) is 11.5. The van der Waals surface area contributed by atoms with E-state index in [0.29, 0.717) is 5.69 Å². The summed E-state index contributed by atoms with van der Waals surface area (Å²) in [7, 11) is -4.13. The highest BCUT2D eigenvalue weighted by molar-refractivity contribution is 8.16. The Kier molecular flexibility index (Phi) is 6.57. The molecule has 7 nitrogen and oxygen atoms in total. The van der Waals surface area contributed by atoms with Gasteiger partial charge in [-0.15, -0.1) is 4.40 Å². The van der Waals surface area contributed by atoms with Crippen LogP contribution in [0.5, 0.6) is 0 Å². The van der Waals surface area contributed by atoms with Crippen molar-refractivity contribution >= 4 is 44.5 Å². The molecule has 0 saturated carbocycles. The maximum atomic E-state index is 13.1. The predicted molar refractivity (Wildman–Crippen MR) is 114 cm³/mol. The van der Waals surface area contributed by atoms with Gasteiger partial charge in [-0.25, -0.2) is 4.39 Å². The summed E-state index contributed by atoms with van der Waals surface area (Å²) >= 11 is 0.930. The molecular formula is C20H20FN3O4S2. The van der Waals surface area contributed by atoms with Gasteiger partial charge < -0.3 is 5.32 Å². The SMILES string of the molecule is CCN1C(=O)[C@H](CC(=O)Nc2ccc(C)cc2)SC1=NS(=O)(=O)c1ccc(F)cc1. The van der Waals surface area contributed by atoms with E-state index >= 15 is 0 Å². The summed E-state index contributed by atoms with van der Waals surface area (Å²) in [5, 5.41) is 1.95. The number of halogens is 1. The zero-order chi connectivity index (χ0) is 21.9.